The molecule has 41 heavy (non-hydrogen) atoms. The molecule has 7 aromatic rings. The van der Waals surface area contributed by atoms with Crippen molar-refractivity contribution in [2.24, 2.45) is 0 Å². The normalized spacial score (nSPS) is 13.3. The van der Waals surface area contributed by atoms with Crippen molar-refractivity contribution >= 4 is 33.4 Å². The van der Waals surface area contributed by atoms with Gasteiger partial charge in [0, 0.05) is 27.3 Å². The van der Waals surface area contributed by atoms with Crippen LogP contribution in [-0.2, 0) is 5.41 Å². The Hall–Kier alpha value is -4.38. The lowest BCUT2D eigenvalue weighted by molar-refractivity contribution is 0.661. The van der Waals surface area contributed by atoms with Gasteiger partial charge in [-0.3, -0.25) is 0 Å². The number of fused-ring (bicyclic) bond motifs is 5. The predicted octanol–water partition coefficient (Wildman–Crippen LogP) is 10.7. The third-order valence-electron chi connectivity index (χ3n) is 8.51. The Balaban J connectivity index is 1.30. The molecule has 0 N–H and O–H groups in total. The Bertz CT molecular complexity index is 2070. The van der Waals surface area contributed by atoms with Gasteiger partial charge in [-0.2, -0.15) is 0 Å². The molecule has 1 aliphatic rings. The summed E-state index contributed by atoms with van der Waals surface area (Å²) in [6.45, 7) is 4.74. The third kappa shape index (κ3) is 3.90. The number of hydrogen-bond acceptors (Lipinski definition) is 4. The van der Waals surface area contributed by atoms with Crippen LogP contribution in [0.25, 0.3) is 66.7 Å². The summed E-state index contributed by atoms with van der Waals surface area (Å²) in [5.74, 6) is 0. The van der Waals surface area contributed by atoms with Crippen LogP contribution in [0.3, 0.4) is 0 Å². The van der Waals surface area contributed by atoms with E-state index in [0.717, 1.165) is 22.5 Å². The summed E-state index contributed by atoms with van der Waals surface area (Å²) in [5, 5.41) is 6.82. The van der Waals surface area contributed by atoms with E-state index < -0.39 is 0 Å². The van der Waals surface area contributed by atoms with Crippen LogP contribution in [0.15, 0.2) is 119 Å². The summed E-state index contributed by atoms with van der Waals surface area (Å²) >= 11 is 3.26. The van der Waals surface area contributed by atoms with Gasteiger partial charge < -0.3 is 0 Å². The highest BCUT2D eigenvalue weighted by molar-refractivity contribution is 7.08. The average Bonchev–Trinajstić information content (AvgIpc) is 3.79. The van der Waals surface area contributed by atoms with Gasteiger partial charge in [0.25, 0.3) is 0 Å². The standard InChI is InChI=1S/C37H26N2S2/c1-37(2)32-17-24(23-7-5-9-26(15-23)34-19-40-21-38-34)13-14-30(32)36-29-12-4-3-11-28(29)31(18-33(36)37)25-8-6-10-27(16-25)35-20-41-22-39-35/h3-22H,1-2H3. The SMILES string of the molecule is CC1(C)c2cc(-c3cccc(-c4cscn4)c3)ccc2-c2c1cc(-c1cccc(-c3cscn3)c1)c1ccccc21. The molecule has 0 saturated heterocycles. The summed E-state index contributed by atoms with van der Waals surface area (Å²) in [7, 11) is 0. The molecule has 0 bridgehead atoms. The molecular weight excluding hydrogens is 537 g/mol. The second kappa shape index (κ2) is 9.34. The lowest BCUT2D eigenvalue weighted by Gasteiger charge is -2.23. The number of aromatic nitrogens is 2. The molecule has 2 nitrogen and oxygen atoms in total. The number of benzene rings is 5. The van der Waals surface area contributed by atoms with Crippen molar-refractivity contribution in [3.63, 3.8) is 0 Å². The Morgan fingerprint density at radius 1 is 0.512 bits per heavy atom. The van der Waals surface area contributed by atoms with Crippen LogP contribution in [-0.4, -0.2) is 9.97 Å². The second-order valence-corrected chi connectivity index (χ2v) is 12.6. The smallest absolute Gasteiger partial charge is 0.0811 e. The number of hydrogen-bond donors (Lipinski definition) is 0. The van der Waals surface area contributed by atoms with Crippen molar-refractivity contribution in [2.75, 3.05) is 0 Å². The summed E-state index contributed by atoms with van der Waals surface area (Å²) in [5.41, 5.74) is 18.4. The van der Waals surface area contributed by atoms with Gasteiger partial charge in [-0.1, -0.05) is 86.6 Å². The zero-order chi connectivity index (χ0) is 27.6. The Morgan fingerprint density at radius 3 is 1.80 bits per heavy atom. The molecule has 0 radical (unpaired) electrons. The third-order valence-corrected chi connectivity index (χ3v) is 9.68. The highest BCUT2D eigenvalue weighted by atomic mass is 32.1. The van der Waals surface area contributed by atoms with Crippen molar-refractivity contribution in [1.29, 1.82) is 0 Å². The lowest BCUT2D eigenvalue weighted by atomic mass is 9.80. The van der Waals surface area contributed by atoms with Gasteiger partial charge in [0.1, 0.15) is 0 Å². The minimum absolute atomic E-state index is 0.140. The van der Waals surface area contributed by atoms with Gasteiger partial charge in [-0.05, 0) is 79.5 Å². The van der Waals surface area contributed by atoms with Crippen molar-refractivity contribution in [2.45, 2.75) is 19.3 Å². The first-order chi connectivity index (χ1) is 20.1. The quantitative estimate of drug-likeness (QED) is 0.213. The lowest BCUT2D eigenvalue weighted by Crippen LogP contribution is -2.15. The van der Waals surface area contributed by atoms with Crippen molar-refractivity contribution in [3.05, 3.63) is 130 Å². The van der Waals surface area contributed by atoms with E-state index in [-0.39, 0.29) is 5.41 Å². The molecule has 5 aromatic carbocycles. The fraction of sp³-hybridized carbons (Fsp3) is 0.0811. The highest BCUT2D eigenvalue weighted by Gasteiger charge is 2.37. The van der Waals surface area contributed by atoms with Crippen LogP contribution >= 0.6 is 22.7 Å². The molecule has 0 fully saturated rings. The zero-order valence-electron chi connectivity index (χ0n) is 22.8. The van der Waals surface area contributed by atoms with Crippen molar-refractivity contribution in [1.82, 2.24) is 9.97 Å². The molecule has 0 aliphatic heterocycles. The fourth-order valence-corrected chi connectivity index (χ4v) is 7.54. The molecule has 196 valence electrons. The first kappa shape index (κ1) is 24.4. The van der Waals surface area contributed by atoms with Gasteiger partial charge in [-0.15, -0.1) is 22.7 Å². The number of thiazole rings is 2. The topological polar surface area (TPSA) is 25.8 Å². The van der Waals surface area contributed by atoms with E-state index in [4.69, 9.17) is 0 Å². The van der Waals surface area contributed by atoms with E-state index in [1.54, 1.807) is 22.7 Å². The maximum atomic E-state index is 4.56. The molecule has 8 rings (SSSR count). The molecule has 0 saturated carbocycles. The molecule has 4 heteroatoms. The van der Waals surface area contributed by atoms with E-state index in [2.05, 4.69) is 132 Å². The maximum absolute atomic E-state index is 4.56. The van der Waals surface area contributed by atoms with E-state index in [0.29, 0.717) is 0 Å². The largest absolute Gasteiger partial charge is 0.245 e. The maximum Gasteiger partial charge on any atom is 0.0811 e. The molecule has 1 aliphatic carbocycles. The summed E-state index contributed by atoms with van der Waals surface area (Å²) in [4.78, 5) is 9.09. The molecule has 0 amide bonds. The fourth-order valence-electron chi connectivity index (χ4n) is 6.42. The highest BCUT2D eigenvalue weighted by Crippen LogP contribution is 2.54. The Kier molecular flexibility index (Phi) is 5.56. The summed E-state index contributed by atoms with van der Waals surface area (Å²) in [6, 6.07) is 35.9. The van der Waals surface area contributed by atoms with Gasteiger partial charge in [0.15, 0.2) is 0 Å². The average molecular weight is 563 g/mol. The summed E-state index contributed by atoms with van der Waals surface area (Å²) < 4.78 is 0. The second-order valence-electron chi connectivity index (χ2n) is 11.2. The molecule has 0 atom stereocenters. The van der Waals surface area contributed by atoms with Gasteiger partial charge in [0.05, 0.1) is 22.4 Å². The molecule has 2 aromatic heterocycles. The monoisotopic (exact) mass is 562 g/mol. The number of nitrogens with zero attached hydrogens (tertiary/aromatic N) is 2. The molecule has 2 heterocycles. The van der Waals surface area contributed by atoms with Crippen LogP contribution in [0.4, 0.5) is 0 Å². The molecular formula is C37H26N2S2. The van der Waals surface area contributed by atoms with Crippen LogP contribution in [0.2, 0.25) is 0 Å². The summed E-state index contributed by atoms with van der Waals surface area (Å²) in [6.07, 6.45) is 0. The van der Waals surface area contributed by atoms with Gasteiger partial charge >= 0.3 is 0 Å². The minimum Gasteiger partial charge on any atom is -0.245 e. The van der Waals surface area contributed by atoms with Crippen LogP contribution in [0, 0.1) is 0 Å². The van der Waals surface area contributed by atoms with Crippen molar-refractivity contribution < 1.29 is 0 Å². The van der Waals surface area contributed by atoms with E-state index in [1.807, 2.05) is 11.0 Å². The van der Waals surface area contributed by atoms with Crippen molar-refractivity contribution in [3.8, 4) is 55.9 Å². The van der Waals surface area contributed by atoms with Crippen LogP contribution in [0.1, 0.15) is 25.0 Å². The van der Waals surface area contributed by atoms with E-state index in [1.165, 1.54) is 55.3 Å². The predicted molar refractivity (Wildman–Crippen MR) is 175 cm³/mol. The zero-order valence-corrected chi connectivity index (χ0v) is 24.4. The molecule has 0 unspecified atom stereocenters. The number of rotatable bonds is 4. The minimum atomic E-state index is -0.140. The first-order valence-corrected chi connectivity index (χ1v) is 15.7. The first-order valence-electron chi connectivity index (χ1n) is 13.8. The molecule has 0 spiro atoms. The van der Waals surface area contributed by atoms with Gasteiger partial charge in [-0.25, -0.2) is 9.97 Å². The van der Waals surface area contributed by atoms with E-state index >= 15 is 0 Å². The Labute approximate surface area is 247 Å². The Morgan fingerprint density at radius 2 is 1.12 bits per heavy atom. The van der Waals surface area contributed by atoms with Gasteiger partial charge in [0.2, 0.25) is 0 Å². The van der Waals surface area contributed by atoms with Crippen LogP contribution in [0.5, 0.6) is 0 Å². The van der Waals surface area contributed by atoms with Crippen LogP contribution < -0.4 is 0 Å². The van der Waals surface area contributed by atoms with E-state index in [9.17, 15) is 0 Å².